The minimum absolute atomic E-state index is 0.0325. The quantitative estimate of drug-likeness (QED) is 0.849. The molecule has 0 aromatic heterocycles. The average Bonchev–Trinajstić information content (AvgIpc) is 2.24. The van der Waals surface area contributed by atoms with Crippen LogP contribution in [0.4, 0.5) is 4.39 Å². The summed E-state index contributed by atoms with van der Waals surface area (Å²) in [7, 11) is 0. The first kappa shape index (κ1) is 11.0. The molecular weight excluding hydrogens is 261 g/mol. The minimum atomic E-state index is -0.138. The lowest BCUT2D eigenvalue weighted by Gasteiger charge is -2.25. The van der Waals surface area contributed by atoms with Crippen LogP contribution in [-0.4, -0.2) is 19.8 Å². The van der Waals surface area contributed by atoms with Crippen molar-refractivity contribution in [3.63, 3.8) is 0 Å². The van der Waals surface area contributed by atoms with Crippen molar-refractivity contribution < 1.29 is 9.13 Å². The summed E-state index contributed by atoms with van der Waals surface area (Å²) in [5.74, 6) is -0.138. The molecule has 1 aliphatic heterocycles. The molecule has 1 saturated heterocycles. The molecule has 1 heterocycles. The number of nitrogens with one attached hydrogen (secondary N) is 1. The van der Waals surface area contributed by atoms with E-state index < -0.39 is 0 Å². The van der Waals surface area contributed by atoms with Gasteiger partial charge >= 0.3 is 0 Å². The highest BCUT2D eigenvalue weighted by atomic mass is 79.9. The fourth-order valence-electron chi connectivity index (χ4n) is 1.77. The van der Waals surface area contributed by atoms with Crippen LogP contribution >= 0.6 is 15.9 Å². The molecule has 1 fully saturated rings. The molecule has 1 aromatic rings. The van der Waals surface area contributed by atoms with Crippen LogP contribution in [0.2, 0.25) is 0 Å². The molecule has 0 spiro atoms. The van der Waals surface area contributed by atoms with E-state index in [1.807, 2.05) is 6.07 Å². The Morgan fingerprint density at radius 3 is 3.00 bits per heavy atom. The van der Waals surface area contributed by atoms with Gasteiger partial charge in [-0.15, -0.1) is 0 Å². The molecule has 4 heteroatoms. The second kappa shape index (κ2) is 4.60. The number of halogens is 2. The summed E-state index contributed by atoms with van der Waals surface area (Å²) in [5.41, 5.74) is 1.34. The van der Waals surface area contributed by atoms with Crippen molar-refractivity contribution in [1.29, 1.82) is 0 Å². The molecule has 0 radical (unpaired) electrons. The summed E-state index contributed by atoms with van der Waals surface area (Å²) in [6.07, 6.45) is 0. The van der Waals surface area contributed by atoms with Crippen molar-refractivity contribution in [3.8, 4) is 0 Å². The fraction of sp³-hybridized carbons (Fsp3) is 0.455. The van der Waals surface area contributed by atoms with Gasteiger partial charge in [0.2, 0.25) is 0 Å². The van der Waals surface area contributed by atoms with Gasteiger partial charge in [-0.1, -0.05) is 15.9 Å². The molecule has 1 aliphatic rings. The number of hydrogen-bond acceptors (Lipinski definition) is 2. The minimum Gasteiger partial charge on any atom is -0.378 e. The van der Waals surface area contributed by atoms with E-state index in [1.54, 1.807) is 13.0 Å². The van der Waals surface area contributed by atoms with Gasteiger partial charge in [-0.3, -0.25) is 0 Å². The molecule has 2 nitrogen and oxygen atoms in total. The Morgan fingerprint density at radius 2 is 2.33 bits per heavy atom. The summed E-state index contributed by atoms with van der Waals surface area (Å²) >= 11 is 3.38. The number of benzene rings is 1. The summed E-state index contributed by atoms with van der Waals surface area (Å²) in [4.78, 5) is 0. The van der Waals surface area contributed by atoms with Crippen LogP contribution in [-0.2, 0) is 4.74 Å². The number of rotatable bonds is 1. The second-order valence-corrected chi connectivity index (χ2v) is 4.62. The first-order valence-electron chi connectivity index (χ1n) is 4.95. The third-order valence-electron chi connectivity index (χ3n) is 2.54. The predicted octanol–water partition coefficient (Wildman–Crippen LogP) is 2.56. The summed E-state index contributed by atoms with van der Waals surface area (Å²) < 4.78 is 20.1. The second-order valence-electron chi connectivity index (χ2n) is 3.71. The maximum Gasteiger partial charge on any atom is 0.131 e. The van der Waals surface area contributed by atoms with Gasteiger partial charge in [0, 0.05) is 16.6 Å². The van der Waals surface area contributed by atoms with E-state index in [0.29, 0.717) is 24.3 Å². The van der Waals surface area contributed by atoms with Gasteiger partial charge in [0.1, 0.15) is 5.82 Å². The van der Waals surface area contributed by atoms with Crippen LogP contribution in [0.3, 0.4) is 0 Å². The maximum atomic E-state index is 13.8. The Balaban J connectivity index is 2.33. The molecular formula is C11H13BrFNO. The summed E-state index contributed by atoms with van der Waals surface area (Å²) in [6, 6.07) is 3.56. The zero-order valence-electron chi connectivity index (χ0n) is 8.52. The third kappa shape index (κ3) is 2.38. The molecule has 1 atom stereocenters. The van der Waals surface area contributed by atoms with E-state index in [9.17, 15) is 4.39 Å². The lowest BCUT2D eigenvalue weighted by Crippen LogP contribution is -2.35. The number of ether oxygens (including phenoxy) is 1. The van der Waals surface area contributed by atoms with Gasteiger partial charge in [0.15, 0.2) is 0 Å². The highest BCUT2D eigenvalue weighted by Gasteiger charge is 2.20. The normalized spacial score (nSPS) is 21.7. The van der Waals surface area contributed by atoms with E-state index >= 15 is 0 Å². The van der Waals surface area contributed by atoms with Gasteiger partial charge in [-0.05, 0) is 24.6 Å². The monoisotopic (exact) mass is 273 g/mol. The number of morpholine rings is 1. The summed E-state index contributed by atoms with van der Waals surface area (Å²) in [6.45, 7) is 3.78. The van der Waals surface area contributed by atoms with Gasteiger partial charge in [-0.2, -0.15) is 0 Å². The molecule has 0 aliphatic carbocycles. The molecule has 0 unspecified atom stereocenters. The van der Waals surface area contributed by atoms with Crippen molar-refractivity contribution in [3.05, 3.63) is 33.5 Å². The lowest BCUT2D eigenvalue weighted by molar-refractivity contribution is 0.0757. The average molecular weight is 274 g/mol. The van der Waals surface area contributed by atoms with Gasteiger partial charge in [0.05, 0.1) is 19.3 Å². The Labute approximate surface area is 96.9 Å². The Kier molecular flexibility index (Phi) is 3.38. The Morgan fingerprint density at radius 1 is 1.53 bits per heavy atom. The summed E-state index contributed by atoms with van der Waals surface area (Å²) in [5, 5.41) is 3.24. The molecule has 2 rings (SSSR count). The van der Waals surface area contributed by atoms with Crippen LogP contribution in [0.1, 0.15) is 17.2 Å². The largest absolute Gasteiger partial charge is 0.378 e. The Bertz CT molecular complexity index is 364. The fourth-order valence-corrected chi connectivity index (χ4v) is 2.36. The SMILES string of the molecule is Cc1cc(Br)cc([C@H]2COCCN2)c1F. The van der Waals surface area contributed by atoms with E-state index in [0.717, 1.165) is 11.0 Å². The third-order valence-corrected chi connectivity index (χ3v) is 3.00. The van der Waals surface area contributed by atoms with Gasteiger partial charge in [0.25, 0.3) is 0 Å². The van der Waals surface area contributed by atoms with E-state index in [4.69, 9.17) is 4.74 Å². The van der Waals surface area contributed by atoms with Crippen molar-refractivity contribution in [1.82, 2.24) is 5.32 Å². The number of hydrogen-bond donors (Lipinski definition) is 1. The van der Waals surface area contributed by atoms with Crippen LogP contribution in [0.5, 0.6) is 0 Å². The molecule has 1 N–H and O–H groups in total. The van der Waals surface area contributed by atoms with E-state index in [-0.39, 0.29) is 11.9 Å². The first-order chi connectivity index (χ1) is 7.18. The zero-order valence-corrected chi connectivity index (χ0v) is 10.1. The van der Waals surface area contributed by atoms with Crippen LogP contribution in [0.15, 0.2) is 16.6 Å². The molecule has 0 saturated carbocycles. The standard InChI is InChI=1S/C11H13BrFNO/c1-7-4-8(12)5-9(11(7)13)10-6-15-3-2-14-10/h4-5,10,14H,2-3,6H2,1H3/t10-/m1/s1. The van der Waals surface area contributed by atoms with Crippen LogP contribution in [0, 0.1) is 12.7 Å². The maximum absolute atomic E-state index is 13.8. The Hall–Kier alpha value is -0.450. The molecule has 1 aromatic carbocycles. The molecule has 0 amide bonds. The number of aryl methyl sites for hydroxylation is 1. The van der Waals surface area contributed by atoms with Gasteiger partial charge < -0.3 is 10.1 Å². The highest BCUT2D eigenvalue weighted by Crippen LogP contribution is 2.25. The highest BCUT2D eigenvalue weighted by molar-refractivity contribution is 9.10. The molecule has 82 valence electrons. The molecule has 0 bridgehead atoms. The predicted molar refractivity (Wildman–Crippen MR) is 60.4 cm³/mol. The van der Waals surface area contributed by atoms with E-state index in [1.165, 1.54) is 0 Å². The van der Waals surface area contributed by atoms with Crippen molar-refractivity contribution in [2.45, 2.75) is 13.0 Å². The first-order valence-corrected chi connectivity index (χ1v) is 5.74. The zero-order chi connectivity index (χ0) is 10.8. The smallest absolute Gasteiger partial charge is 0.131 e. The molecule has 15 heavy (non-hydrogen) atoms. The lowest BCUT2D eigenvalue weighted by atomic mass is 10.0. The van der Waals surface area contributed by atoms with E-state index in [2.05, 4.69) is 21.2 Å². The van der Waals surface area contributed by atoms with Crippen molar-refractivity contribution >= 4 is 15.9 Å². The van der Waals surface area contributed by atoms with Gasteiger partial charge in [-0.25, -0.2) is 4.39 Å². The van der Waals surface area contributed by atoms with Crippen LogP contribution < -0.4 is 5.32 Å². The topological polar surface area (TPSA) is 21.3 Å². The van der Waals surface area contributed by atoms with Crippen molar-refractivity contribution in [2.24, 2.45) is 0 Å². The van der Waals surface area contributed by atoms with Crippen molar-refractivity contribution in [2.75, 3.05) is 19.8 Å². The van der Waals surface area contributed by atoms with Crippen LogP contribution in [0.25, 0.3) is 0 Å².